The Kier molecular flexibility index (Phi) is 7.17. The zero-order valence-corrected chi connectivity index (χ0v) is 24.8. The summed E-state index contributed by atoms with van der Waals surface area (Å²) in [4.78, 5) is 19.9. The van der Waals surface area contributed by atoms with Gasteiger partial charge in [0.25, 0.3) is 5.56 Å². The van der Waals surface area contributed by atoms with Crippen LogP contribution in [-0.4, -0.2) is 18.8 Å². The molecule has 214 valence electrons. The maximum absolute atomic E-state index is 14.1. The second-order valence-electron chi connectivity index (χ2n) is 10.6. The Morgan fingerprint density at radius 2 is 1.65 bits per heavy atom. The van der Waals surface area contributed by atoms with Crippen LogP contribution in [-0.2, 0) is 13.0 Å². The minimum absolute atomic E-state index is 0.0571. The monoisotopic (exact) mass is 586 g/mol. The molecule has 0 amide bonds. The summed E-state index contributed by atoms with van der Waals surface area (Å²) >= 11 is 1.42. The summed E-state index contributed by atoms with van der Waals surface area (Å²) in [5.74, 6) is 2.06. The molecule has 0 radical (unpaired) electrons. The first-order chi connectivity index (χ1) is 21.1. The number of hydrogen-bond acceptors (Lipinski definition) is 6. The summed E-state index contributed by atoms with van der Waals surface area (Å²) < 4.78 is 19.6. The largest absolute Gasteiger partial charge is 0.493 e. The molecule has 1 aromatic heterocycles. The van der Waals surface area contributed by atoms with Gasteiger partial charge in [-0.3, -0.25) is 9.36 Å². The van der Waals surface area contributed by atoms with Crippen molar-refractivity contribution in [3.63, 3.8) is 0 Å². The average molecular weight is 587 g/mol. The van der Waals surface area contributed by atoms with E-state index in [-0.39, 0.29) is 11.6 Å². The van der Waals surface area contributed by atoms with Gasteiger partial charge in [0.15, 0.2) is 16.3 Å². The number of rotatable bonds is 7. The van der Waals surface area contributed by atoms with Crippen LogP contribution in [0.4, 0.5) is 0 Å². The van der Waals surface area contributed by atoms with Crippen LogP contribution >= 0.6 is 11.3 Å². The zero-order chi connectivity index (χ0) is 29.3. The van der Waals surface area contributed by atoms with Gasteiger partial charge in [-0.25, -0.2) is 4.99 Å². The summed E-state index contributed by atoms with van der Waals surface area (Å²) in [5, 5.41) is 0. The highest BCUT2D eigenvalue weighted by Crippen LogP contribution is 2.42. The molecule has 7 heteroatoms. The van der Waals surface area contributed by atoms with Gasteiger partial charge in [0.05, 0.1) is 30.5 Å². The van der Waals surface area contributed by atoms with E-state index in [1.165, 1.54) is 16.9 Å². The topological polar surface area (TPSA) is 62.0 Å². The van der Waals surface area contributed by atoms with Crippen LogP contribution in [0.3, 0.4) is 0 Å². The number of benzene rings is 4. The van der Waals surface area contributed by atoms with Crippen molar-refractivity contribution in [2.45, 2.75) is 25.5 Å². The van der Waals surface area contributed by atoms with Crippen molar-refractivity contribution < 1.29 is 14.2 Å². The van der Waals surface area contributed by atoms with Gasteiger partial charge < -0.3 is 14.2 Å². The molecule has 6 nitrogen and oxygen atoms in total. The first-order valence-electron chi connectivity index (χ1n) is 14.2. The normalized spacial score (nSPS) is 15.7. The lowest BCUT2D eigenvalue weighted by Gasteiger charge is -2.31. The molecule has 0 saturated carbocycles. The van der Waals surface area contributed by atoms with E-state index in [1.807, 2.05) is 83.4 Å². The van der Waals surface area contributed by atoms with Gasteiger partial charge in [0.1, 0.15) is 12.4 Å². The van der Waals surface area contributed by atoms with Crippen molar-refractivity contribution in [3.05, 3.63) is 150 Å². The number of ether oxygens (including phenoxy) is 3. The van der Waals surface area contributed by atoms with Gasteiger partial charge in [-0.2, -0.15) is 0 Å². The van der Waals surface area contributed by atoms with Gasteiger partial charge in [0.2, 0.25) is 0 Å². The number of fused-ring (bicyclic) bond motifs is 3. The van der Waals surface area contributed by atoms with E-state index in [2.05, 4.69) is 24.3 Å². The molecular formula is C36H30N2O4S. The molecule has 0 N–H and O–H groups in total. The molecule has 1 atom stereocenters. The van der Waals surface area contributed by atoms with Crippen LogP contribution in [0.25, 0.3) is 11.8 Å². The SMILES string of the molecule is COc1ccc([C@H]2C3=C(N=c4s/c(=C\c5ccc(OCc6ccccc6)cc5)c(=O)n42)c2ccccc2CC3)cc1OC. The third kappa shape index (κ3) is 5.06. The number of allylic oxidation sites excluding steroid dienone is 1. The van der Waals surface area contributed by atoms with Gasteiger partial charge in [-0.1, -0.05) is 84.1 Å². The van der Waals surface area contributed by atoms with Gasteiger partial charge >= 0.3 is 0 Å². The molecule has 2 heterocycles. The molecule has 2 aliphatic rings. The Labute approximate surface area is 253 Å². The summed E-state index contributed by atoms with van der Waals surface area (Å²) in [6, 6.07) is 32.0. The molecule has 0 saturated heterocycles. The van der Waals surface area contributed by atoms with E-state index in [1.54, 1.807) is 14.2 Å². The molecular weight excluding hydrogens is 556 g/mol. The highest BCUT2D eigenvalue weighted by Gasteiger charge is 2.33. The lowest BCUT2D eigenvalue weighted by molar-refractivity contribution is 0.306. The first-order valence-corrected chi connectivity index (χ1v) is 15.1. The van der Waals surface area contributed by atoms with Crippen molar-refractivity contribution in [1.82, 2.24) is 4.57 Å². The predicted molar refractivity (Wildman–Crippen MR) is 170 cm³/mol. The molecule has 0 unspecified atom stereocenters. The molecule has 0 bridgehead atoms. The number of thiazole rings is 1. The van der Waals surface area contributed by atoms with Crippen molar-refractivity contribution in [3.8, 4) is 17.2 Å². The molecule has 43 heavy (non-hydrogen) atoms. The number of nitrogens with zero attached hydrogens (tertiary/aromatic N) is 2. The second kappa shape index (κ2) is 11.4. The van der Waals surface area contributed by atoms with Gasteiger partial charge in [0, 0.05) is 5.56 Å². The van der Waals surface area contributed by atoms with E-state index in [0.717, 1.165) is 52.1 Å². The summed E-state index contributed by atoms with van der Waals surface area (Å²) in [6.07, 6.45) is 3.66. The van der Waals surface area contributed by atoms with E-state index >= 15 is 0 Å². The van der Waals surface area contributed by atoms with Crippen LogP contribution < -0.4 is 29.1 Å². The van der Waals surface area contributed by atoms with Crippen LogP contribution in [0, 0.1) is 0 Å². The number of aromatic nitrogens is 1. The highest BCUT2D eigenvalue weighted by molar-refractivity contribution is 7.07. The molecule has 4 aromatic carbocycles. The maximum Gasteiger partial charge on any atom is 0.271 e. The Balaban J connectivity index is 1.31. The smallest absolute Gasteiger partial charge is 0.271 e. The minimum Gasteiger partial charge on any atom is -0.493 e. The fourth-order valence-electron chi connectivity index (χ4n) is 5.90. The molecule has 5 aromatic rings. The Morgan fingerprint density at radius 1 is 0.884 bits per heavy atom. The quantitative estimate of drug-likeness (QED) is 0.238. The zero-order valence-electron chi connectivity index (χ0n) is 23.9. The van der Waals surface area contributed by atoms with Crippen LogP contribution in [0.15, 0.2) is 112 Å². The Morgan fingerprint density at radius 3 is 2.44 bits per heavy atom. The van der Waals surface area contributed by atoms with Crippen LogP contribution in [0.1, 0.15) is 40.3 Å². The number of methoxy groups -OCH3 is 2. The van der Waals surface area contributed by atoms with Crippen molar-refractivity contribution >= 4 is 23.1 Å². The lowest BCUT2D eigenvalue weighted by Crippen LogP contribution is -2.38. The van der Waals surface area contributed by atoms with E-state index in [0.29, 0.717) is 27.4 Å². The first kappa shape index (κ1) is 27.0. The van der Waals surface area contributed by atoms with Crippen LogP contribution in [0.5, 0.6) is 17.2 Å². The molecule has 0 spiro atoms. The summed E-state index contributed by atoms with van der Waals surface area (Å²) in [7, 11) is 3.26. The van der Waals surface area contributed by atoms with E-state index in [9.17, 15) is 4.79 Å². The lowest BCUT2D eigenvalue weighted by atomic mass is 9.83. The Bertz CT molecular complexity index is 2020. The third-order valence-electron chi connectivity index (χ3n) is 8.02. The molecule has 7 rings (SSSR count). The molecule has 1 aliphatic carbocycles. The van der Waals surface area contributed by atoms with Crippen molar-refractivity contribution in [2.75, 3.05) is 14.2 Å². The highest BCUT2D eigenvalue weighted by atomic mass is 32.1. The summed E-state index contributed by atoms with van der Waals surface area (Å²) in [6.45, 7) is 0.503. The fraction of sp³-hybridized carbons (Fsp3) is 0.167. The van der Waals surface area contributed by atoms with Gasteiger partial charge in [-0.15, -0.1) is 0 Å². The molecule has 0 fully saturated rings. The number of hydrogen-bond donors (Lipinski definition) is 0. The predicted octanol–water partition coefficient (Wildman–Crippen LogP) is 5.91. The average Bonchev–Trinajstić information content (AvgIpc) is 3.37. The maximum atomic E-state index is 14.1. The standard InChI is InChI=1S/C36H30N2O4S/c1-40-30-19-15-26(21-31(30)41-2)34-29-18-14-25-10-6-7-11-28(25)33(29)37-36-38(34)35(39)32(43-36)20-23-12-16-27(17-13-23)42-22-24-8-4-3-5-9-24/h3-13,15-17,19-21,34H,14,18,22H2,1-2H3/b32-20-/t34-/m0/s1. The van der Waals surface area contributed by atoms with Crippen LogP contribution in [0.2, 0.25) is 0 Å². The van der Waals surface area contributed by atoms with E-state index in [4.69, 9.17) is 19.2 Å². The van der Waals surface area contributed by atoms with Gasteiger partial charge in [-0.05, 0) is 71.0 Å². The fourth-order valence-corrected chi connectivity index (χ4v) is 6.90. The Hall–Kier alpha value is -4.88. The number of aryl methyl sites for hydroxylation is 1. The van der Waals surface area contributed by atoms with Crippen molar-refractivity contribution in [1.29, 1.82) is 0 Å². The molecule has 1 aliphatic heterocycles. The minimum atomic E-state index is -0.296. The second-order valence-corrected chi connectivity index (χ2v) is 11.6. The van der Waals surface area contributed by atoms with Crippen molar-refractivity contribution in [2.24, 2.45) is 4.99 Å². The van der Waals surface area contributed by atoms with E-state index < -0.39 is 0 Å². The third-order valence-corrected chi connectivity index (χ3v) is 9.01. The summed E-state index contributed by atoms with van der Waals surface area (Å²) in [5.41, 5.74) is 7.48.